The number of nitrogens with one attached hydrogen (secondary N) is 3. The number of hydrogen-bond acceptors (Lipinski definition) is 6. The Hall–Kier alpha value is -3.24. The molecular weight excluding hydrogens is 408 g/mol. The first kappa shape index (κ1) is 19.7. The van der Waals surface area contributed by atoms with Gasteiger partial charge in [-0.25, -0.2) is 23.1 Å². The van der Waals surface area contributed by atoms with Gasteiger partial charge >= 0.3 is 6.09 Å². The van der Waals surface area contributed by atoms with E-state index in [4.69, 9.17) is 4.74 Å². The highest BCUT2D eigenvalue weighted by atomic mass is 19.3. The number of nitrogens with zero attached hydrogens (tertiary/aromatic N) is 4. The zero-order chi connectivity index (χ0) is 21.6. The van der Waals surface area contributed by atoms with Gasteiger partial charge in [0.1, 0.15) is 17.3 Å². The molecule has 1 amide bonds. The summed E-state index contributed by atoms with van der Waals surface area (Å²) in [4.78, 5) is 16.3. The van der Waals surface area contributed by atoms with Crippen molar-refractivity contribution < 1.29 is 18.3 Å². The number of alkyl carbamates (subject to hydrolysis) is 1. The van der Waals surface area contributed by atoms with E-state index in [1.54, 1.807) is 0 Å². The fourth-order valence-electron chi connectivity index (χ4n) is 3.94. The molecule has 0 spiro atoms. The van der Waals surface area contributed by atoms with E-state index >= 15 is 0 Å². The van der Waals surface area contributed by atoms with Crippen LogP contribution in [-0.4, -0.2) is 42.5 Å². The summed E-state index contributed by atoms with van der Waals surface area (Å²) in [5.41, 5.74) is 0.959. The average Bonchev–Trinajstić information content (AvgIpc) is 3.17. The highest BCUT2D eigenvalue weighted by Gasteiger charge is 2.40. The van der Waals surface area contributed by atoms with Gasteiger partial charge in [-0.2, -0.15) is 10.2 Å². The van der Waals surface area contributed by atoms with Crippen molar-refractivity contribution in [2.24, 2.45) is 0 Å². The molecule has 0 radical (unpaired) electrons. The minimum absolute atomic E-state index is 0.0957. The Morgan fingerprint density at radius 2 is 2.19 bits per heavy atom. The number of alkyl halides is 2. The summed E-state index contributed by atoms with van der Waals surface area (Å²) in [7, 11) is 0. The Morgan fingerprint density at radius 3 is 2.97 bits per heavy atom. The van der Waals surface area contributed by atoms with Crippen LogP contribution in [0.15, 0.2) is 24.5 Å². The summed E-state index contributed by atoms with van der Waals surface area (Å²) < 4.78 is 32.9. The molecule has 0 bridgehead atoms. The van der Waals surface area contributed by atoms with Crippen LogP contribution < -0.4 is 10.6 Å². The molecule has 2 fully saturated rings. The predicted octanol–water partition coefficient (Wildman–Crippen LogP) is 4.05. The number of anilines is 2. The molecule has 2 saturated carbocycles. The molecule has 5 rings (SSSR count). The van der Waals surface area contributed by atoms with E-state index in [2.05, 4.69) is 30.9 Å². The third-order valence-electron chi connectivity index (χ3n) is 5.98. The van der Waals surface area contributed by atoms with Gasteiger partial charge in [0, 0.05) is 35.6 Å². The normalized spacial score (nSPS) is 22.1. The molecule has 31 heavy (non-hydrogen) atoms. The van der Waals surface area contributed by atoms with Crippen molar-refractivity contribution in [3.63, 3.8) is 0 Å². The molecule has 2 aliphatic rings. The van der Waals surface area contributed by atoms with Crippen LogP contribution in [0.4, 0.5) is 25.2 Å². The fraction of sp³-hybridized carbons (Fsp3) is 0.500. The number of H-pyrrole nitrogens is 1. The molecule has 0 saturated heterocycles. The number of hydrogen-bond donors (Lipinski definition) is 3. The van der Waals surface area contributed by atoms with Gasteiger partial charge in [-0.3, -0.25) is 5.10 Å². The summed E-state index contributed by atoms with van der Waals surface area (Å²) >= 11 is 0. The lowest BCUT2D eigenvalue weighted by molar-refractivity contribution is 0.0967. The van der Waals surface area contributed by atoms with Crippen molar-refractivity contribution in [3.05, 3.63) is 35.9 Å². The molecule has 164 valence electrons. The summed E-state index contributed by atoms with van der Waals surface area (Å²) in [6.45, 7) is 2.01. The number of halogens is 2. The van der Waals surface area contributed by atoms with Gasteiger partial charge in [0.25, 0.3) is 6.43 Å². The first-order valence-electron chi connectivity index (χ1n) is 10.3. The Balaban J connectivity index is 1.23. The molecule has 2 aliphatic carbocycles. The number of carbonyl (C=O) groups is 1. The maximum atomic E-state index is 13.0. The molecule has 3 aromatic heterocycles. The molecule has 9 nitrogen and oxygen atoms in total. The molecule has 3 heterocycles. The van der Waals surface area contributed by atoms with Crippen LogP contribution in [0.5, 0.6) is 0 Å². The Morgan fingerprint density at radius 1 is 1.35 bits per heavy atom. The second-order valence-corrected chi connectivity index (χ2v) is 8.53. The summed E-state index contributed by atoms with van der Waals surface area (Å²) in [6.07, 6.45) is 4.25. The van der Waals surface area contributed by atoms with Crippen LogP contribution in [0, 0.1) is 0 Å². The number of rotatable bonds is 6. The zero-order valence-electron chi connectivity index (χ0n) is 16.9. The van der Waals surface area contributed by atoms with Crippen molar-refractivity contribution in [3.8, 4) is 0 Å². The SMILES string of the molecule is CC1(NC(=O)OC2CCC(c3cc(Nc4nccn5nc(C(F)F)cc45)n[nH]3)C2)CC1. The number of ether oxygens (including phenoxy) is 1. The second-order valence-electron chi connectivity index (χ2n) is 8.53. The van der Waals surface area contributed by atoms with Gasteiger partial charge in [0.2, 0.25) is 0 Å². The summed E-state index contributed by atoms with van der Waals surface area (Å²) in [6, 6.07) is 3.17. The fourth-order valence-corrected chi connectivity index (χ4v) is 3.94. The topological polar surface area (TPSA) is 109 Å². The van der Waals surface area contributed by atoms with Gasteiger partial charge in [-0.15, -0.1) is 0 Å². The van der Waals surface area contributed by atoms with E-state index in [1.165, 1.54) is 23.0 Å². The third kappa shape index (κ3) is 4.17. The van der Waals surface area contributed by atoms with Crippen molar-refractivity contribution >= 4 is 23.2 Å². The third-order valence-corrected chi connectivity index (χ3v) is 5.98. The van der Waals surface area contributed by atoms with Crippen molar-refractivity contribution in [2.45, 2.75) is 63.0 Å². The smallest absolute Gasteiger partial charge is 0.407 e. The van der Waals surface area contributed by atoms with Crippen LogP contribution in [0.1, 0.15) is 62.8 Å². The van der Waals surface area contributed by atoms with Crippen LogP contribution in [0.2, 0.25) is 0 Å². The van der Waals surface area contributed by atoms with E-state index in [9.17, 15) is 13.6 Å². The Bertz CT molecular complexity index is 1110. The maximum Gasteiger partial charge on any atom is 0.407 e. The van der Waals surface area contributed by atoms with Crippen LogP contribution in [0.3, 0.4) is 0 Å². The zero-order valence-corrected chi connectivity index (χ0v) is 16.9. The number of aromatic nitrogens is 5. The minimum Gasteiger partial charge on any atom is -0.446 e. The summed E-state index contributed by atoms with van der Waals surface area (Å²) in [5, 5.41) is 17.1. The van der Waals surface area contributed by atoms with E-state index < -0.39 is 6.43 Å². The Labute approximate surface area is 176 Å². The highest BCUT2D eigenvalue weighted by Crippen LogP contribution is 2.37. The molecule has 11 heteroatoms. The molecule has 2 unspecified atom stereocenters. The number of carbonyl (C=O) groups excluding carboxylic acids is 1. The first-order chi connectivity index (χ1) is 14.9. The monoisotopic (exact) mass is 431 g/mol. The maximum absolute atomic E-state index is 13.0. The van der Waals surface area contributed by atoms with Gasteiger partial charge < -0.3 is 15.4 Å². The average molecular weight is 431 g/mol. The van der Waals surface area contributed by atoms with Crippen LogP contribution >= 0.6 is 0 Å². The molecule has 2 atom stereocenters. The van der Waals surface area contributed by atoms with Crippen molar-refractivity contribution in [2.75, 3.05) is 5.32 Å². The van der Waals surface area contributed by atoms with Gasteiger partial charge in [0.05, 0.1) is 0 Å². The van der Waals surface area contributed by atoms with E-state index in [0.29, 0.717) is 17.2 Å². The number of fused-ring (bicyclic) bond motifs is 1. The number of amides is 1. The molecule has 3 N–H and O–H groups in total. The van der Waals surface area contributed by atoms with E-state index in [1.807, 2.05) is 13.0 Å². The lowest BCUT2D eigenvalue weighted by Gasteiger charge is -2.16. The standard InChI is InChI=1S/C20H23F2N7O2/c1-20(4-5-20)25-19(30)31-12-3-2-11(8-12)13-10-16(27-26-13)24-18-15-9-14(17(21)22)28-29(15)7-6-23-18/h6-7,9-12,17H,2-5,8H2,1H3,(H,25,30)(H2,23,24,26,27). The van der Waals surface area contributed by atoms with E-state index in [-0.39, 0.29) is 29.3 Å². The lowest BCUT2D eigenvalue weighted by Crippen LogP contribution is -2.36. The first-order valence-corrected chi connectivity index (χ1v) is 10.3. The summed E-state index contributed by atoms with van der Waals surface area (Å²) in [5.74, 6) is 1.11. The Kier molecular flexibility index (Phi) is 4.75. The van der Waals surface area contributed by atoms with Gasteiger partial charge in [-0.1, -0.05) is 0 Å². The molecular formula is C20H23F2N7O2. The largest absolute Gasteiger partial charge is 0.446 e. The number of aromatic amines is 1. The van der Waals surface area contributed by atoms with Crippen molar-refractivity contribution in [1.82, 2.24) is 30.1 Å². The van der Waals surface area contributed by atoms with Crippen molar-refractivity contribution in [1.29, 1.82) is 0 Å². The minimum atomic E-state index is -2.66. The van der Waals surface area contributed by atoms with Gasteiger partial charge in [0.15, 0.2) is 11.6 Å². The second kappa shape index (κ2) is 7.47. The molecule has 0 aromatic carbocycles. The lowest BCUT2D eigenvalue weighted by atomic mass is 10.0. The quantitative estimate of drug-likeness (QED) is 0.543. The van der Waals surface area contributed by atoms with Gasteiger partial charge in [-0.05, 0) is 45.1 Å². The van der Waals surface area contributed by atoms with Crippen LogP contribution in [-0.2, 0) is 4.74 Å². The molecule has 3 aromatic rings. The highest BCUT2D eigenvalue weighted by molar-refractivity contribution is 5.72. The van der Waals surface area contributed by atoms with Crippen LogP contribution in [0.25, 0.3) is 5.52 Å². The predicted molar refractivity (Wildman–Crippen MR) is 107 cm³/mol. The van der Waals surface area contributed by atoms with E-state index in [0.717, 1.165) is 37.8 Å². The molecule has 0 aliphatic heterocycles.